The standard InChI is InChI=1S/C24H22F4O3/c1-2-30-23-12-11-18(14-22(23)25)21(24(26,27)28)16-29-15-17-7-6-10-20(13-17)31-19-8-4-3-5-9-19/h3-14,21H,2,15-16H2,1H3. The van der Waals surface area contributed by atoms with Gasteiger partial charge < -0.3 is 14.2 Å². The Balaban J connectivity index is 1.65. The quantitative estimate of drug-likeness (QED) is 0.344. The molecule has 0 saturated heterocycles. The molecule has 3 nitrogen and oxygen atoms in total. The van der Waals surface area contributed by atoms with Crippen molar-refractivity contribution in [3.8, 4) is 17.2 Å². The molecule has 0 spiro atoms. The van der Waals surface area contributed by atoms with Crippen LogP contribution in [0, 0.1) is 5.82 Å². The maximum atomic E-state index is 14.0. The first kappa shape index (κ1) is 22.6. The smallest absolute Gasteiger partial charge is 0.397 e. The fourth-order valence-electron chi connectivity index (χ4n) is 3.00. The number of alkyl halides is 3. The summed E-state index contributed by atoms with van der Waals surface area (Å²) >= 11 is 0. The van der Waals surface area contributed by atoms with Crippen molar-refractivity contribution in [3.05, 3.63) is 89.7 Å². The van der Waals surface area contributed by atoms with Crippen LogP contribution in [0.1, 0.15) is 24.0 Å². The molecule has 0 saturated carbocycles. The van der Waals surface area contributed by atoms with Crippen molar-refractivity contribution in [3.63, 3.8) is 0 Å². The minimum atomic E-state index is -4.59. The monoisotopic (exact) mass is 434 g/mol. The molecule has 0 heterocycles. The molecule has 7 heteroatoms. The summed E-state index contributed by atoms with van der Waals surface area (Å²) in [7, 11) is 0. The summed E-state index contributed by atoms with van der Waals surface area (Å²) in [5.74, 6) is -1.67. The van der Waals surface area contributed by atoms with Gasteiger partial charge >= 0.3 is 6.18 Å². The van der Waals surface area contributed by atoms with Gasteiger partial charge in [-0.15, -0.1) is 0 Å². The number of benzene rings is 3. The molecule has 0 aliphatic carbocycles. The second-order valence-corrected chi connectivity index (χ2v) is 6.79. The van der Waals surface area contributed by atoms with Crippen LogP contribution in [0.15, 0.2) is 72.8 Å². The largest absolute Gasteiger partial charge is 0.491 e. The Bertz CT molecular complexity index is 974. The normalized spacial score (nSPS) is 12.4. The molecular weight excluding hydrogens is 412 g/mol. The Morgan fingerprint density at radius 2 is 1.61 bits per heavy atom. The van der Waals surface area contributed by atoms with Crippen LogP contribution in [0.25, 0.3) is 0 Å². The van der Waals surface area contributed by atoms with E-state index in [1.165, 1.54) is 12.1 Å². The van der Waals surface area contributed by atoms with Crippen molar-refractivity contribution in [2.75, 3.05) is 13.2 Å². The van der Waals surface area contributed by atoms with Crippen LogP contribution in [0.5, 0.6) is 17.2 Å². The van der Waals surface area contributed by atoms with Crippen molar-refractivity contribution in [2.24, 2.45) is 0 Å². The molecule has 3 aromatic carbocycles. The van der Waals surface area contributed by atoms with Gasteiger partial charge in [0.05, 0.1) is 19.8 Å². The van der Waals surface area contributed by atoms with Crippen LogP contribution in [-0.4, -0.2) is 19.4 Å². The maximum Gasteiger partial charge on any atom is 0.397 e. The number of para-hydroxylation sites is 1. The molecular formula is C24H22F4O3. The summed E-state index contributed by atoms with van der Waals surface area (Å²) in [6.07, 6.45) is -4.59. The van der Waals surface area contributed by atoms with Crippen molar-refractivity contribution in [1.29, 1.82) is 0 Å². The Kier molecular flexibility index (Phi) is 7.52. The van der Waals surface area contributed by atoms with E-state index in [4.69, 9.17) is 14.2 Å². The summed E-state index contributed by atoms with van der Waals surface area (Å²) in [5, 5.41) is 0. The summed E-state index contributed by atoms with van der Waals surface area (Å²) < 4.78 is 70.9. The lowest BCUT2D eigenvalue weighted by molar-refractivity contribution is -0.163. The Morgan fingerprint density at radius 1 is 0.871 bits per heavy atom. The average Bonchev–Trinajstić information content (AvgIpc) is 2.73. The predicted molar refractivity (Wildman–Crippen MR) is 109 cm³/mol. The van der Waals surface area contributed by atoms with Gasteiger partial charge in [-0.05, 0) is 54.4 Å². The van der Waals surface area contributed by atoms with Gasteiger partial charge in [0.15, 0.2) is 11.6 Å². The molecule has 0 bridgehead atoms. The Morgan fingerprint density at radius 3 is 2.29 bits per heavy atom. The van der Waals surface area contributed by atoms with Crippen LogP contribution < -0.4 is 9.47 Å². The molecule has 31 heavy (non-hydrogen) atoms. The summed E-state index contributed by atoms with van der Waals surface area (Å²) in [5.41, 5.74) is 0.446. The highest BCUT2D eigenvalue weighted by atomic mass is 19.4. The maximum absolute atomic E-state index is 14.0. The number of rotatable bonds is 9. The van der Waals surface area contributed by atoms with Gasteiger partial charge in [-0.25, -0.2) is 4.39 Å². The van der Waals surface area contributed by atoms with Crippen LogP contribution >= 0.6 is 0 Å². The zero-order valence-corrected chi connectivity index (χ0v) is 16.9. The molecule has 0 amide bonds. The second kappa shape index (κ2) is 10.3. The van der Waals surface area contributed by atoms with E-state index in [1.807, 2.05) is 18.2 Å². The van der Waals surface area contributed by atoms with Gasteiger partial charge in [0, 0.05) is 0 Å². The number of hydrogen-bond acceptors (Lipinski definition) is 3. The molecule has 1 atom stereocenters. The Hall–Kier alpha value is -3.06. The number of ether oxygens (including phenoxy) is 3. The predicted octanol–water partition coefficient (Wildman–Crippen LogP) is 6.88. The van der Waals surface area contributed by atoms with Crippen LogP contribution in [-0.2, 0) is 11.3 Å². The molecule has 3 aromatic rings. The SMILES string of the molecule is CCOc1ccc(C(COCc2cccc(Oc3ccccc3)c2)C(F)(F)F)cc1F. The lowest BCUT2D eigenvalue weighted by Gasteiger charge is -2.21. The third-order valence-corrected chi connectivity index (χ3v) is 4.48. The first-order valence-corrected chi connectivity index (χ1v) is 9.75. The van der Waals surface area contributed by atoms with Crippen LogP contribution in [0.3, 0.4) is 0 Å². The molecule has 1 unspecified atom stereocenters. The molecule has 0 aliphatic rings. The van der Waals surface area contributed by atoms with Crippen molar-refractivity contribution >= 4 is 0 Å². The van der Waals surface area contributed by atoms with Crippen molar-refractivity contribution in [2.45, 2.75) is 25.6 Å². The molecule has 3 rings (SSSR count). The van der Waals surface area contributed by atoms with E-state index in [1.54, 1.807) is 43.3 Å². The molecule has 0 radical (unpaired) electrons. The van der Waals surface area contributed by atoms with E-state index in [-0.39, 0.29) is 24.5 Å². The zero-order valence-electron chi connectivity index (χ0n) is 16.9. The first-order chi connectivity index (χ1) is 14.9. The summed E-state index contributed by atoms with van der Waals surface area (Å²) in [4.78, 5) is 0. The summed E-state index contributed by atoms with van der Waals surface area (Å²) in [6, 6.07) is 19.3. The third-order valence-electron chi connectivity index (χ3n) is 4.48. The number of hydrogen-bond donors (Lipinski definition) is 0. The fraction of sp³-hybridized carbons (Fsp3) is 0.250. The zero-order chi connectivity index (χ0) is 22.3. The van der Waals surface area contributed by atoms with E-state index in [9.17, 15) is 17.6 Å². The van der Waals surface area contributed by atoms with E-state index in [2.05, 4.69) is 0 Å². The highest BCUT2D eigenvalue weighted by molar-refractivity contribution is 5.34. The van der Waals surface area contributed by atoms with Crippen LogP contribution in [0.2, 0.25) is 0 Å². The molecule has 0 fully saturated rings. The van der Waals surface area contributed by atoms with Gasteiger partial charge in [-0.1, -0.05) is 36.4 Å². The van der Waals surface area contributed by atoms with Gasteiger partial charge in [0.25, 0.3) is 0 Å². The fourth-order valence-corrected chi connectivity index (χ4v) is 3.00. The van der Waals surface area contributed by atoms with E-state index < -0.39 is 24.5 Å². The van der Waals surface area contributed by atoms with Gasteiger partial charge in [0.2, 0.25) is 0 Å². The van der Waals surface area contributed by atoms with E-state index in [0.717, 1.165) is 6.07 Å². The first-order valence-electron chi connectivity index (χ1n) is 9.75. The minimum Gasteiger partial charge on any atom is -0.491 e. The highest BCUT2D eigenvalue weighted by Crippen LogP contribution is 2.36. The average molecular weight is 434 g/mol. The molecule has 0 aromatic heterocycles. The second-order valence-electron chi connectivity index (χ2n) is 6.79. The molecule has 0 aliphatic heterocycles. The topological polar surface area (TPSA) is 27.7 Å². The van der Waals surface area contributed by atoms with Gasteiger partial charge in [0.1, 0.15) is 17.4 Å². The van der Waals surface area contributed by atoms with Gasteiger partial charge in [-0.3, -0.25) is 0 Å². The Labute approximate surface area is 178 Å². The molecule has 164 valence electrons. The third kappa shape index (κ3) is 6.46. The summed E-state index contributed by atoms with van der Waals surface area (Å²) in [6.45, 7) is 1.20. The number of halogens is 4. The van der Waals surface area contributed by atoms with Crippen LogP contribution in [0.4, 0.5) is 17.6 Å². The minimum absolute atomic E-state index is 0.0436. The lowest BCUT2D eigenvalue weighted by atomic mass is 9.99. The van der Waals surface area contributed by atoms with Crippen molar-refractivity contribution < 1.29 is 31.8 Å². The highest BCUT2D eigenvalue weighted by Gasteiger charge is 2.41. The molecule has 0 N–H and O–H groups in total. The van der Waals surface area contributed by atoms with E-state index >= 15 is 0 Å². The van der Waals surface area contributed by atoms with Crippen molar-refractivity contribution in [1.82, 2.24) is 0 Å². The van der Waals surface area contributed by atoms with E-state index in [0.29, 0.717) is 17.1 Å². The lowest BCUT2D eigenvalue weighted by Crippen LogP contribution is -2.25. The van der Waals surface area contributed by atoms with Gasteiger partial charge in [-0.2, -0.15) is 13.2 Å².